The molecular formula is C20H17N3O2S. The lowest BCUT2D eigenvalue weighted by molar-refractivity contribution is 0.102. The summed E-state index contributed by atoms with van der Waals surface area (Å²) in [6.07, 6.45) is 1.94. The van der Waals surface area contributed by atoms with E-state index < -0.39 is 0 Å². The summed E-state index contributed by atoms with van der Waals surface area (Å²) in [6.45, 7) is 3.78. The number of nitrogens with zero attached hydrogens (tertiary/aromatic N) is 2. The van der Waals surface area contributed by atoms with Crippen LogP contribution >= 0.6 is 11.3 Å². The summed E-state index contributed by atoms with van der Waals surface area (Å²) in [5.74, 6) is -0.192. The number of imidazole rings is 1. The first-order chi connectivity index (χ1) is 12.5. The molecule has 4 rings (SSSR count). The molecule has 2 aromatic carbocycles. The summed E-state index contributed by atoms with van der Waals surface area (Å²) in [4.78, 5) is 18.6. The molecule has 0 aliphatic rings. The van der Waals surface area contributed by atoms with Crippen LogP contribution in [0.3, 0.4) is 0 Å². The van der Waals surface area contributed by atoms with Crippen molar-refractivity contribution in [2.75, 3.05) is 5.32 Å². The van der Waals surface area contributed by atoms with Gasteiger partial charge < -0.3 is 10.4 Å². The molecule has 0 aliphatic carbocycles. The van der Waals surface area contributed by atoms with Crippen LogP contribution in [0.2, 0.25) is 0 Å². The number of phenols is 1. The molecule has 2 N–H and O–H groups in total. The number of fused-ring (bicyclic) bond motifs is 1. The van der Waals surface area contributed by atoms with Gasteiger partial charge in [0.2, 0.25) is 0 Å². The number of aromatic nitrogens is 2. The van der Waals surface area contributed by atoms with Crippen molar-refractivity contribution in [3.8, 4) is 17.0 Å². The van der Waals surface area contributed by atoms with Crippen LogP contribution in [0.1, 0.15) is 20.9 Å². The van der Waals surface area contributed by atoms with Crippen molar-refractivity contribution in [1.82, 2.24) is 9.38 Å². The third-order valence-corrected chi connectivity index (χ3v) is 5.39. The number of hydrogen-bond acceptors (Lipinski definition) is 4. The van der Waals surface area contributed by atoms with E-state index in [-0.39, 0.29) is 11.7 Å². The third kappa shape index (κ3) is 2.84. The average molecular weight is 363 g/mol. The molecule has 6 heteroatoms. The Morgan fingerprint density at radius 2 is 1.92 bits per heavy atom. The molecule has 0 spiro atoms. The lowest BCUT2D eigenvalue weighted by Crippen LogP contribution is -2.12. The van der Waals surface area contributed by atoms with Gasteiger partial charge in [-0.25, -0.2) is 4.98 Å². The van der Waals surface area contributed by atoms with Gasteiger partial charge in [0.05, 0.1) is 11.4 Å². The molecule has 0 bridgehead atoms. The van der Waals surface area contributed by atoms with Crippen molar-refractivity contribution in [2.24, 2.45) is 0 Å². The monoisotopic (exact) mass is 363 g/mol. The normalized spacial score (nSPS) is 11.0. The molecule has 0 radical (unpaired) electrons. The first-order valence-electron chi connectivity index (χ1n) is 8.18. The summed E-state index contributed by atoms with van der Waals surface area (Å²) >= 11 is 1.33. The lowest BCUT2D eigenvalue weighted by atomic mass is 10.2. The second-order valence-corrected chi connectivity index (χ2v) is 7.11. The van der Waals surface area contributed by atoms with Crippen LogP contribution < -0.4 is 5.32 Å². The molecule has 2 heterocycles. The number of aromatic hydroxyl groups is 1. The van der Waals surface area contributed by atoms with E-state index >= 15 is 0 Å². The number of anilines is 1. The predicted octanol–water partition coefficient (Wildman–Crippen LogP) is 4.64. The van der Waals surface area contributed by atoms with Gasteiger partial charge >= 0.3 is 0 Å². The van der Waals surface area contributed by atoms with Gasteiger partial charge in [0.25, 0.3) is 5.91 Å². The number of carbonyl (C=O) groups is 1. The van der Waals surface area contributed by atoms with Crippen molar-refractivity contribution in [3.05, 3.63) is 70.9 Å². The Morgan fingerprint density at radius 1 is 1.15 bits per heavy atom. The fraction of sp³-hybridized carbons (Fsp3) is 0.100. The maximum absolute atomic E-state index is 12.6. The van der Waals surface area contributed by atoms with Crippen LogP contribution in [0.25, 0.3) is 16.2 Å². The molecule has 2 aromatic heterocycles. The fourth-order valence-corrected chi connectivity index (χ4v) is 3.84. The summed E-state index contributed by atoms with van der Waals surface area (Å²) in [5.41, 5.74) is 4.07. The van der Waals surface area contributed by atoms with E-state index in [1.54, 1.807) is 12.1 Å². The largest absolute Gasteiger partial charge is 0.506 e. The van der Waals surface area contributed by atoms with Crippen molar-refractivity contribution < 1.29 is 9.90 Å². The Kier molecular flexibility index (Phi) is 3.97. The molecule has 0 saturated carbocycles. The van der Waals surface area contributed by atoms with E-state index in [1.165, 1.54) is 11.3 Å². The minimum atomic E-state index is -0.251. The minimum Gasteiger partial charge on any atom is -0.506 e. The van der Waals surface area contributed by atoms with Gasteiger partial charge in [0.1, 0.15) is 10.6 Å². The average Bonchev–Trinajstić information content (AvgIpc) is 3.18. The lowest BCUT2D eigenvalue weighted by Gasteiger charge is -2.07. The molecule has 1 amide bonds. The number of amides is 1. The van der Waals surface area contributed by atoms with E-state index in [2.05, 4.69) is 10.3 Å². The Balaban J connectivity index is 1.65. The summed E-state index contributed by atoms with van der Waals surface area (Å²) in [7, 11) is 0. The quantitative estimate of drug-likeness (QED) is 0.521. The van der Waals surface area contributed by atoms with Gasteiger partial charge in [0, 0.05) is 17.5 Å². The number of hydrogen-bond donors (Lipinski definition) is 2. The Bertz CT molecular complexity index is 1110. The van der Waals surface area contributed by atoms with E-state index in [4.69, 9.17) is 0 Å². The molecule has 130 valence electrons. The molecule has 26 heavy (non-hydrogen) atoms. The molecule has 4 aromatic rings. The Morgan fingerprint density at radius 3 is 2.62 bits per heavy atom. The van der Waals surface area contributed by atoms with Gasteiger partial charge in [-0.1, -0.05) is 47.7 Å². The maximum atomic E-state index is 12.6. The van der Waals surface area contributed by atoms with Crippen LogP contribution in [-0.4, -0.2) is 20.4 Å². The first-order valence-corrected chi connectivity index (χ1v) is 8.99. The smallest absolute Gasteiger partial charge is 0.267 e. The topological polar surface area (TPSA) is 66.6 Å². The van der Waals surface area contributed by atoms with Crippen LogP contribution in [0.4, 0.5) is 5.69 Å². The molecule has 0 atom stereocenters. The Hall–Kier alpha value is -3.12. The molecule has 0 unspecified atom stereocenters. The minimum absolute atomic E-state index is 0.0590. The van der Waals surface area contributed by atoms with Gasteiger partial charge in [-0.2, -0.15) is 0 Å². The van der Waals surface area contributed by atoms with Gasteiger partial charge in [-0.3, -0.25) is 9.20 Å². The first kappa shape index (κ1) is 16.4. The SMILES string of the molecule is Cc1ccc(NC(=O)c2sc3nc(-c4ccccc4)cn3c2C)c(O)c1. The highest BCUT2D eigenvalue weighted by Gasteiger charge is 2.19. The Labute approximate surface area is 154 Å². The van der Waals surface area contributed by atoms with Crippen LogP contribution in [0, 0.1) is 13.8 Å². The molecule has 0 fully saturated rings. The van der Waals surface area contributed by atoms with E-state index in [0.717, 1.165) is 27.5 Å². The van der Waals surface area contributed by atoms with Gasteiger partial charge in [0.15, 0.2) is 4.96 Å². The molecule has 0 saturated heterocycles. The predicted molar refractivity (Wildman–Crippen MR) is 104 cm³/mol. The summed E-state index contributed by atoms with van der Waals surface area (Å²) in [5, 5.41) is 12.8. The van der Waals surface area contributed by atoms with Crippen molar-refractivity contribution in [1.29, 1.82) is 0 Å². The highest BCUT2D eigenvalue weighted by atomic mass is 32.1. The van der Waals surface area contributed by atoms with E-state index in [9.17, 15) is 9.90 Å². The van der Waals surface area contributed by atoms with Gasteiger partial charge in [-0.05, 0) is 31.5 Å². The van der Waals surface area contributed by atoms with Crippen LogP contribution in [0.15, 0.2) is 54.7 Å². The zero-order chi connectivity index (χ0) is 18.3. The standard InChI is InChI=1S/C20H17N3O2S/c1-12-8-9-15(17(24)10-12)21-19(25)18-13(2)23-11-16(22-20(23)26-18)14-6-4-3-5-7-14/h3-11,24H,1-2H3,(H,21,25). The van der Waals surface area contributed by atoms with Crippen LogP contribution in [0.5, 0.6) is 5.75 Å². The summed E-state index contributed by atoms with van der Waals surface area (Å²) in [6, 6.07) is 15.1. The zero-order valence-electron chi connectivity index (χ0n) is 14.4. The van der Waals surface area contributed by atoms with E-state index in [1.807, 2.05) is 60.8 Å². The maximum Gasteiger partial charge on any atom is 0.267 e. The highest BCUT2D eigenvalue weighted by molar-refractivity contribution is 7.19. The van der Waals surface area contributed by atoms with Crippen molar-refractivity contribution >= 4 is 27.9 Å². The molecular weight excluding hydrogens is 346 g/mol. The number of nitrogens with one attached hydrogen (secondary N) is 1. The van der Waals surface area contributed by atoms with Crippen LogP contribution in [-0.2, 0) is 0 Å². The second-order valence-electron chi connectivity index (χ2n) is 6.14. The summed E-state index contributed by atoms with van der Waals surface area (Å²) < 4.78 is 1.93. The number of aryl methyl sites for hydroxylation is 2. The number of carbonyl (C=O) groups excluding carboxylic acids is 1. The molecule has 5 nitrogen and oxygen atoms in total. The number of thiazole rings is 1. The highest BCUT2D eigenvalue weighted by Crippen LogP contribution is 2.29. The molecule has 0 aliphatic heterocycles. The number of rotatable bonds is 3. The van der Waals surface area contributed by atoms with Crippen molar-refractivity contribution in [2.45, 2.75) is 13.8 Å². The number of benzene rings is 2. The zero-order valence-corrected chi connectivity index (χ0v) is 15.2. The third-order valence-electron chi connectivity index (χ3n) is 4.23. The fourth-order valence-electron chi connectivity index (χ4n) is 2.84. The van der Waals surface area contributed by atoms with Gasteiger partial charge in [-0.15, -0.1) is 0 Å². The number of phenolic OH excluding ortho intramolecular Hbond substituents is 1. The second kappa shape index (κ2) is 6.31. The van der Waals surface area contributed by atoms with Crippen molar-refractivity contribution in [3.63, 3.8) is 0 Å². The van der Waals surface area contributed by atoms with E-state index in [0.29, 0.717) is 10.6 Å².